The van der Waals surface area contributed by atoms with E-state index >= 15 is 0 Å². The van der Waals surface area contributed by atoms with Crippen molar-refractivity contribution in [3.05, 3.63) is 26.6 Å². The zero-order chi connectivity index (χ0) is 9.42. The Hall–Kier alpha value is -0.290. The van der Waals surface area contributed by atoms with Crippen LogP contribution in [0, 0.1) is 3.57 Å². The summed E-state index contributed by atoms with van der Waals surface area (Å²) >= 11 is 4.21. The average Bonchev–Trinajstić information content (AvgIpc) is 2.47. The molecule has 0 aliphatic heterocycles. The van der Waals surface area contributed by atoms with E-state index in [1.165, 1.54) is 18.5 Å². The van der Waals surface area contributed by atoms with Gasteiger partial charge in [-0.25, -0.2) is 0 Å². The molecule has 1 nitrogen and oxygen atoms in total. The second-order valence-corrected chi connectivity index (χ2v) is 5.29. The molecule has 13 heavy (non-hydrogen) atoms. The van der Waals surface area contributed by atoms with Gasteiger partial charge >= 0.3 is 0 Å². The zero-order valence-electron chi connectivity index (χ0n) is 7.30. The van der Waals surface area contributed by atoms with Gasteiger partial charge in [-0.1, -0.05) is 6.92 Å². The fourth-order valence-corrected chi connectivity index (χ4v) is 3.35. The number of nitrogen functional groups attached to an aromatic ring is 1. The maximum Gasteiger partial charge on any atom is 0.0480 e. The second-order valence-electron chi connectivity index (χ2n) is 2.99. The Morgan fingerprint density at radius 3 is 2.85 bits per heavy atom. The molecule has 0 aliphatic rings. The molecule has 0 spiro atoms. The highest BCUT2D eigenvalue weighted by Crippen LogP contribution is 2.31. The largest absolute Gasteiger partial charge is 0.399 e. The van der Waals surface area contributed by atoms with Crippen molar-refractivity contribution in [2.24, 2.45) is 0 Å². The van der Waals surface area contributed by atoms with Gasteiger partial charge in [-0.3, -0.25) is 0 Å². The number of aryl methyl sites for hydroxylation is 1. The zero-order valence-corrected chi connectivity index (χ0v) is 10.3. The van der Waals surface area contributed by atoms with E-state index in [-0.39, 0.29) is 0 Å². The molecule has 2 rings (SSSR count). The Morgan fingerprint density at radius 2 is 2.15 bits per heavy atom. The number of benzene rings is 1. The van der Waals surface area contributed by atoms with Crippen LogP contribution >= 0.6 is 33.9 Å². The van der Waals surface area contributed by atoms with Crippen LogP contribution < -0.4 is 5.73 Å². The van der Waals surface area contributed by atoms with E-state index < -0.39 is 0 Å². The Kier molecular flexibility index (Phi) is 2.47. The molecule has 68 valence electrons. The van der Waals surface area contributed by atoms with Crippen molar-refractivity contribution in [3.63, 3.8) is 0 Å². The van der Waals surface area contributed by atoms with Crippen molar-refractivity contribution in [3.8, 4) is 0 Å². The van der Waals surface area contributed by atoms with E-state index in [2.05, 4.69) is 35.6 Å². The highest BCUT2D eigenvalue weighted by atomic mass is 127. The van der Waals surface area contributed by atoms with Gasteiger partial charge in [0, 0.05) is 18.8 Å². The van der Waals surface area contributed by atoms with Gasteiger partial charge in [0.15, 0.2) is 0 Å². The summed E-state index contributed by atoms with van der Waals surface area (Å²) in [4.78, 5) is 1.43. The molecule has 0 bridgehead atoms. The van der Waals surface area contributed by atoms with Crippen LogP contribution in [0.5, 0.6) is 0 Å². The number of nitrogens with two attached hydrogens (primary N) is 1. The van der Waals surface area contributed by atoms with Crippen molar-refractivity contribution in [1.82, 2.24) is 0 Å². The standard InChI is InChI=1S/C10H10INS/c1-2-8-4-6-3-7(12)5-9(11)10(6)13-8/h3-5H,2,12H2,1H3. The number of fused-ring (bicyclic) bond motifs is 1. The number of hydrogen-bond acceptors (Lipinski definition) is 2. The molecule has 3 heteroatoms. The van der Waals surface area contributed by atoms with Crippen LogP contribution in [0.3, 0.4) is 0 Å². The van der Waals surface area contributed by atoms with E-state index in [1.54, 1.807) is 0 Å². The lowest BCUT2D eigenvalue weighted by molar-refractivity contribution is 1.19. The Bertz CT molecular complexity index is 447. The molecule has 0 saturated carbocycles. The molecular weight excluding hydrogens is 293 g/mol. The number of anilines is 1. The third-order valence-electron chi connectivity index (χ3n) is 1.99. The summed E-state index contributed by atoms with van der Waals surface area (Å²) in [5.74, 6) is 0. The fourth-order valence-electron chi connectivity index (χ4n) is 1.36. The van der Waals surface area contributed by atoms with Crippen LogP contribution in [-0.2, 0) is 6.42 Å². The number of rotatable bonds is 1. The summed E-state index contributed by atoms with van der Waals surface area (Å²) in [6.45, 7) is 2.18. The minimum absolute atomic E-state index is 0.859. The topological polar surface area (TPSA) is 26.0 Å². The van der Waals surface area contributed by atoms with Gasteiger partial charge in [0.25, 0.3) is 0 Å². The smallest absolute Gasteiger partial charge is 0.0480 e. The van der Waals surface area contributed by atoms with E-state index in [0.717, 1.165) is 12.1 Å². The van der Waals surface area contributed by atoms with Gasteiger partial charge in [-0.15, -0.1) is 11.3 Å². The van der Waals surface area contributed by atoms with Crippen LogP contribution in [0.2, 0.25) is 0 Å². The van der Waals surface area contributed by atoms with Crippen molar-refractivity contribution in [1.29, 1.82) is 0 Å². The third kappa shape index (κ3) is 1.67. The molecule has 1 aromatic heterocycles. The maximum absolute atomic E-state index is 5.78. The van der Waals surface area contributed by atoms with Gasteiger partial charge in [0.2, 0.25) is 0 Å². The van der Waals surface area contributed by atoms with Crippen LogP contribution in [0.1, 0.15) is 11.8 Å². The molecule has 1 heterocycles. The highest BCUT2D eigenvalue weighted by Gasteiger charge is 2.04. The number of halogens is 1. The molecular formula is C10H10INS. The SMILES string of the molecule is CCc1cc2cc(N)cc(I)c2s1. The van der Waals surface area contributed by atoms with Gasteiger partial charge in [0.05, 0.1) is 0 Å². The lowest BCUT2D eigenvalue weighted by Crippen LogP contribution is -1.84. The molecule has 0 amide bonds. The first kappa shape index (κ1) is 9.27. The first-order valence-electron chi connectivity index (χ1n) is 4.18. The molecule has 2 N–H and O–H groups in total. The lowest BCUT2D eigenvalue weighted by Gasteiger charge is -1.95. The predicted octanol–water partition coefficient (Wildman–Crippen LogP) is 3.65. The Balaban J connectivity index is 2.75. The summed E-state index contributed by atoms with van der Waals surface area (Å²) in [6.07, 6.45) is 1.11. The van der Waals surface area contributed by atoms with E-state index in [9.17, 15) is 0 Å². The Morgan fingerprint density at radius 1 is 1.38 bits per heavy atom. The van der Waals surface area contributed by atoms with E-state index in [0.29, 0.717) is 0 Å². The summed E-state index contributed by atoms with van der Waals surface area (Å²) in [5, 5.41) is 1.28. The van der Waals surface area contributed by atoms with Gasteiger partial charge in [-0.05, 0) is 52.6 Å². The highest BCUT2D eigenvalue weighted by molar-refractivity contribution is 14.1. The van der Waals surface area contributed by atoms with Crippen molar-refractivity contribution < 1.29 is 0 Å². The number of thiophene rings is 1. The molecule has 2 aromatic rings. The summed E-state index contributed by atoms with van der Waals surface area (Å²) in [6, 6.07) is 6.31. The lowest BCUT2D eigenvalue weighted by atomic mass is 10.2. The van der Waals surface area contributed by atoms with Crippen molar-refractivity contribution in [2.75, 3.05) is 5.73 Å². The third-order valence-corrected chi connectivity index (χ3v) is 4.54. The molecule has 0 unspecified atom stereocenters. The van der Waals surface area contributed by atoms with Crippen molar-refractivity contribution in [2.45, 2.75) is 13.3 Å². The van der Waals surface area contributed by atoms with Crippen LogP contribution in [0.25, 0.3) is 10.1 Å². The van der Waals surface area contributed by atoms with E-state index in [4.69, 9.17) is 5.73 Å². The quantitative estimate of drug-likeness (QED) is 0.631. The van der Waals surface area contributed by atoms with Gasteiger partial charge < -0.3 is 5.73 Å². The molecule has 0 radical (unpaired) electrons. The van der Waals surface area contributed by atoms with Crippen molar-refractivity contribution >= 4 is 49.7 Å². The normalized spacial score (nSPS) is 10.9. The molecule has 0 atom stereocenters. The van der Waals surface area contributed by atoms with E-state index in [1.807, 2.05) is 23.5 Å². The van der Waals surface area contributed by atoms with Gasteiger partial charge in [0.1, 0.15) is 0 Å². The number of hydrogen-bond donors (Lipinski definition) is 1. The monoisotopic (exact) mass is 303 g/mol. The first-order valence-corrected chi connectivity index (χ1v) is 6.07. The molecule has 1 aromatic carbocycles. The Labute approximate surface area is 95.1 Å². The minimum Gasteiger partial charge on any atom is -0.399 e. The van der Waals surface area contributed by atoms with Crippen LogP contribution in [0.4, 0.5) is 5.69 Å². The average molecular weight is 303 g/mol. The summed E-state index contributed by atoms with van der Waals surface area (Å²) < 4.78 is 2.63. The van der Waals surface area contributed by atoms with Gasteiger partial charge in [-0.2, -0.15) is 0 Å². The molecule has 0 fully saturated rings. The molecule has 0 aliphatic carbocycles. The molecule has 0 saturated heterocycles. The first-order chi connectivity index (χ1) is 6.20. The predicted molar refractivity (Wildman–Crippen MR) is 68.3 cm³/mol. The second kappa shape index (κ2) is 3.46. The summed E-state index contributed by atoms with van der Waals surface area (Å²) in [7, 11) is 0. The maximum atomic E-state index is 5.78. The fraction of sp³-hybridized carbons (Fsp3) is 0.200. The van der Waals surface area contributed by atoms with Crippen LogP contribution in [0.15, 0.2) is 18.2 Å². The van der Waals surface area contributed by atoms with Crippen LogP contribution in [-0.4, -0.2) is 0 Å². The minimum atomic E-state index is 0.859. The summed E-state index contributed by atoms with van der Waals surface area (Å²) in [5.41, 5.74) is 6.63.